The Morgan fingerprint density at radius 3 is 1.15 bits per heavy atom. The van der Waals surface area contributed by atoms with Crippen molar-refractivity contribution >= 4 is 23.9 Å². The van der Waals surface area contributed by atoms with Gasteiger partial charge in [-0.2, -0.15) is 0 Å². The molecule has 9 aliphatic rings. The summed E-state index contributed by atoms with van der Waals surface area (Å²) in [6.45, 7) is 23.7. The Balaban J connectivity index is 0.000000247. The number of ether oxygens (including phenoxy) is 10. The topological polar surface area (TPSA) is 241 Å². The van der Waals surface area contributed by atoms with Crippen LogP contribution in [0.3, 0.4) is 0 Å². The molecule has 0 aromatic rings. The Kier molecular flexibility index (Phi) is 24.5. The van der Waals surface area contributed by atoms with Gasteiger partial charge >= 0.3 is 23.9 Å². The summed E-state index contributed by atoms with van der Waals surface area (Å²) in [5.74, 6) is -1.13. The molecule has 18 atom stereocenters. The number of esters is 2. The zero-order valence-corrected chi connectivity index (χ0v) is 54.0. The number of hydrogen-bond acceptors (Lipinski definition) is 15. The first-order chi connectivity index (χ1) is 40.3. The number of methoxy groups -OCH3 is 2. The fraction of sp³-hybridized carbons (Fsp3) is 0.853. The molecule has 0 amide bonds. The van der Waals surface area contributed by atoms with Crippen LogP contribution in [0.5, 0.6) is 0 Å². The molecule has 17 nitrogen and oxygen atoms in total. The second-order valence-corrected chi connectivity index (χ2v) is 27.9. The molecule has 484 valence electrons. The first-order valence-corrected chi connectivity index (χ1v) is 32.7. The van der Waals surface area contributed by atoms with E-state index in [1.54, 1.807) is 14.2 Å². The third kappa shape index (κ3) is 18.2. The number of hydrogen-bond donors (Lipinski definition) is 3. The van der Waals surface area contributed by atoms with Crippen LogP contribution in [0.15, 0.2) is 34.9 Å². The average molecular weight is 1200 g/mol. The van der Waals surface area contributed by atoms with Crippen LogP contribution in [0, 0.1) is 23.7 Å². The summed E-state index contributed by atoms with van der Waals surface area (Å²) < 4.78 is 60.3. The highest BCUT2D eigenvalue weighted by atomic mass is 16.7. The first kappa shape index (κ1) is 69.2. The minimum absolute atomic E-state index is 0.0352. The second-order valence-electron chi connectivity index (χ2n) is 27.9. The molecule has 6 aliphatic heterocycles. The monoisotopic (exact) mass is 1200 g/mol. The molecule has 0 bridgehead atoms. The lowest BCUT2D eigenvalue weighted by molar-refractivity contribution is -0.172. The molecule has 3 spiro atoms. The van der Waals surface area contributed by atoms with Crippen molar-refractivity contribution in [1.29, 1.82) is 0 Å². The molecule has 0 aromatic heterocycles. The molecule has 6 heterocycles. The highest BCUT2D eigenvalue weighted by Gasteiger charge is 2.74. The van der Waals surface area contributed by atoms with Gasteiger partial charge in [-0.15, -0.1) is 0 Å². The fourth-order valence-corrected chi connectivity index (χ4v) is 15.3. The number of allylic oxidation sites excluding steroid dienone is 3. The van der Waals surface area contributed by atoms with Crippen LogP contribution in [0.2, 0.25) is 0 Å². The van der Waals surface area contributed by atoms with Gasteiger partial charge in [0.1, 0.15) is 35.1 Å². The van der Waals surface area contributed by atoms with E-state index < -0.39 is 18.0 Å². The maximum atomic E-state index is 12.9. The maximum absolute atomic E-state index is 12.9. The molecule has 6 saturated heterocycles. The van der Waals surface area contributed by atoms with E-state index >= 15 is 0 Å². The van der Waals surface area contributed by atoms with Crippen LogP contribution in [0.1, 0.15) is 230 Å². The number of unbranched alkanes of at least 4 members (excludes halogenated alkanes) is 10. The number of aliphatic hydroxyl groups is 1. The van der Waals surface area contributed by atoms with Crippen LogP contribution in [0.25, 0.3) is 0 Å². The van der Waals surface area contributed by atoms with Crippen molar-refractivity contribution in [2.75, 3.05) is 34.0 Å². The van der Waals surface area contributed by atoms with Crippen molar-refractivity contribution in [2.24, 2.45) is 23.7 Å². The van der Waals surface area contributed by atoms with E-state index in [0.29, 0.717) is 12.8 Å². The molecule has 3 N–H and O–H groups in total. The van der Waals surface area contributed by atoms with Crippen LogP contribution in [-0.4, -0.2) is 156 Å². The minimum Gasteiger partial charge on any atom is -0.481 e. The highest BCUT2D eigenvalue weighted by molar-refractivity contribution is 5.70. The molecule has 0 radical (unpaired) electrons. The molecular weight excluding hydrogens is 1090 g/mol. The minimum atomic E-state index is -0.740. The van der Waals surface area contributed by atoms with E-state index in [0.717, 1.165) is 155 Å². The normalized spacial score (nSPS) is 38.6. The summed E-state index contributed by atoms with van der Waals surface area (Å²) >= 11 is 0. The summed E-state index contributed by atoms with van der Waals surface area (Å²) in [4.78, 5) is 46.1. The molecule has 17 heteroatoms. The van der Waals surface area contributed by atoms with E-state index in [1.807, 2.05) is 0 Å². The number of epoxide rings is 6. The summed E-state index contributed by atoms with van der Waals surface area (Å²) in [5, 5.41) is 26.9. The zero-order valence-electron chi connectivity index (χ0n) is 54.0. The first-order valence-electron chi connectivity index (χ1n) is 32.7. The number of aliphatic hydroxyl groups excluding tert-OH is 1. The van der Waals surface area contributed by atoms with Crippen LogP contribution < -0.4 is 0 Å². The van der Waals surface area contributed by atoms with Crippen molar-refractivity contribution in [3.8, 4) is 0 Å². The van der Waals surface area contributed by atoms with Crippen LogP contribution in [-0.2, 0) is 66.5 Å². The third-order valence-electron chi connectivity index (χ3n) is 20.5. The number of carbonyl (C=O) groups is 4. The SMILES string of the molecule is CO[C@@H]1[C@H](O)CC[C@]2(CO2)[C@H]1[C@@]1(C)O[C@@H]1CC=C(C)C.CO[C@@H]1[C@H](OC(=O)CCCCCCCCC(=O)O[C@@H]2CC[C@]3(CO3)[C@@H]([C@@]3(C)O[C@@H]3CC=C(C)C)[C@@H]2C)CC[C@]2(CO2)[C@H]1[C@@]1(C)O[C@@H]1CC=C(C)C.O=C(O)CCCCCCCCC(=O)O. The molecule has 0 aromatic carbocycles. The summed E-state index contributed by atoms with van der Waals surface area (Å²) in [5.41, 5.74) is 2.68. The molecule has 9 rings (SSSR count). The Hall–Kier alpha value is -3.26. The maximum Gasteiger partial charge on any atom is 0.306 e. The van der Waals surface area contributed by atoms with E-state index in [2.05, 4.69) is 87.5 Å². The average Bonchev–Trinajstić information content (AvgIpc) is 1.57. The molecule has 3 aliphatic carbocycles. The van der Waals surface area contributed by atoms with Crippen molar-refractivity contribution in [3.63, 3.8) is 0 Å². The quantitative estimate of drug-likeness (QED) is 0.0253. The molecular formula is C68H110O17. The van der Waals surface area contributed by atoms with Crippen molar-refractivity contribution in [1.82, 2.24) is 0 Å². The standard InChI is InChI=1S/C42H66O9.C16H26O4.C10H18O4/c1-27(2)17-19-32-39(6,50-32)37-29(5)30(21-23-41(37)25-46-41)48-34(43)15-13-11-9-10-12-14-16-35(44)49-31-22-24-42(26-47-42)38(36(31)45-8)40(7)33(51-40)20-18-28(3)4;1-10(2)5-6-12-15(3,20-12)14-13(18-4)11(17)7-8-16(14)9-19-16;11-9(12)7-5-3-1-2-4-6-8-10(13)14/h17-18,29-33,36-38H,9-16,19-26H2,1-8H3;5,11-14,17H,6-9H2,1-4H3;1-8H2,(H,11,12)(H,13,14)/t29-,30-,31-,32-,33-,36-,37-,38-,39+,40+,41+,42+;11-,12-,13-,14-,15+,16+;/m11./s1. The molecule has 85 heavy (non-hydrogen) atoms. The number of aliphatic carboxylic acids is 2. The molecule has 3 saturated carbocycles. The third-order valence-corrected chi connectivity index (χ3v) is 20.5. The van der Waals surface area contributed by atoms with E-state index in [9.17, 15) is 24.3 Å². The highest BCUT2D eigenvalue weighted by Crippen LogP contribution is 2.63. The predicted molar refractivity (Wildman–Crippen MR) is 322 cm³/mol. The van der Waals surface area contributed by atoms with Crippen molar-refractivity contribution < 1.29 is 81.9 Å². The van der Waals surface area contributed by atoms with Crippen LogP contribution >= 0.6 is 0 Å². The van der Waals surface area contributed by atoms with Gasteiger partial charge < -0.3 is 62.7 Å². The summed E-state index contributed by atoms with van der Waals surface area (Å²) in [6.07, 6.45) is 26.2. The smallest absolute Gasteiger partial charge is 0.306 e. The Morgan fingerprint density at radius 2 is 0.788 bits per heavy atom. The van der Waals surface area contributed by atoms with Gasteiger partial charge in [-0.1, -0.05) is 93.2 Å². The van der Waals surface area contributed by atoms with E-state index in [1.165, 1.54) is 16.7 Å². The van der Waals surface area contributed by atoms with Crippen molar-refractivity contribution in [2.45, 2.75) is 312 Å². The Labute approximate surface area is 508 Å². The number of rotatable bonds is 31. The van der Waals surface area contributed by atoms with E-state index in [-0.39, 0.29) is 125 Å². The van der Waals surface area contributed by atoms with Gasteiger partial charge in [0.15, 0.2) is 0 Å². The number of carboxylic acids is 2. The van der Waals surface area contributed by atoms with Crippen molar-refractivity contribution in [3.05, 3.63) is 34.9 Å². The number of carbonyl (C=O) groups excluding carboxylic acids is 2. The second kappa shape index (κ2) is 30.0. The van der Waals surface area contributed by atoms with Gasteiger partial charge in [-0.05, 0) is 146 Å². The molecule has 0 unspecified atom stereocenters. The largest absolute Gasteiger partial charge is 0.481 e. The van der Waals surface area contributed by atoms with Crippen LogP contribution in [0.4, 0.5) is 0 Å². The van der Waals surface area contributed by atoms with Gasteiger partial charge in [-0.3, -0.25) is 19.2 Å². The number of carboxylic acid groups (broad SMARTS) is 2. The lowest BCUT2D eigenvalue weighted by atomic mass is 9.64. The van der Waals surface area contributed by atoms with Gasteiger partial charge in [0.05, 0.1) is 79.0 Å². The molecule has 9 fully saturated rings. The van der Waals surface area contributed by atoms with Gasteiger partial charge in [0.2, 0.25) is 0 Å². The predicted octanol–water partition coefficient (Wildman–Crippen LogP) is 12.3. The van der Waals surface area contributed by atoms with Gasteiger partial charge in [-0.25, -0.2) is 0 Å². The summed E-state index contributed by atoms with van der Waals surface area (Å²) in [7, 11) is 3.40. The van der Waals surface area contributed by atoms with Gasteiger partial charge in [0, 0.05) is 51.7 Å². The Morgan fingerprint density at radius 1 is 0.471 bits per heavy atom. The lowest BCUT2D eigenvalue weighted by Gasteiger charge is -2.42. The Bertz CT molecular complexity index is 2290. The summed E-state index contributed by atoms with van der Waals surface area (Å²) in [6, 6.07) is 0. The van der Waals surface area contributed by atoms with Gasteiger partial charge in [0.25, 0.3) is 0 Å². The zero-order chi connectivity index (χ0) is 62.0. The fourth-order valence-electron chi connectivity index (χ4n) is 15.3. The lowest BCUT2D eigenvalue weighted by Crippen LogP contribution is -2.55. The van der Waals surface area contributed by atoms with E-state index in [4.69, 9.17) is 57.6 Å².